The predicted octanol–water partition coefficient (Wildman–Crippen LogP) is 3.33. The van der Waals surface area contributed by atoms with E-state index in [9.17, 15) is 24.0 Å². The number of carbonyl (C=O) groups is 5. The van der Waals surface area contributed by atoms with Crippen LogP contribution in [0.3, 0.4) is 0 Å². The molecule has 1 aliphatic heterocycles. The number of rotatable bonds is 5. The number of carbonyl (C=O) groups excluding carboxylic acids is 5. The van der Waals surface area contributed by atoms with E-state index in [0.29, 0.717) is 11.3 Å². The highest BCUT2D eigenvalue weighted by molar-refractivity contribution is 6.21. The zero-order chi connectivity index (χ0) is 23.8. The van der Waals surface area contributed by atoms with Crippen LogP contribution >= 0.6 is 0 Å². The van der Waals surface area contributed by atoms with Gasteiger partial charge in [0.2, 0.25) is 11.7 Å². The van der Waals surface area contributed by atoms with Crippen molar-refractivity contribution in [3.05, 3.63) is 64.7 Å². The number of hydrogen-bond acceptors (Lipinski definition) is 6. The van der Waals surface area contributed by atoms with E-state index in [-0.39, 0.29) is 22.6 Å². The van der Waals surface area contributed by atoms with E-state index in [1.54, 1.807) is 45.0 Å². The van der Waals surface area contributed by atoms with Gasteiger partial charge in [-0.3, -0.25) is 24.1 Å². The van der Waals surface area contributed by atoms with Gasteiger partial charge in [0, 0.05) is 23.7 Å². The van der Waals surface area contributed by atoms with Gasteiger partial charge in [-0.2, -0.15) is 0 Å². The Morgan fingerprint density at radius 1 is 0.906 bits per heavy atom. The minimum absolute atomic E-state index is 0.0695. The maximum atomic E-state index is 12.7. The van der Waals surface area contributed by atoms with Gasteiger partial charge >= 0.3 is 5.97 Å². The van der Waals surface area contributed by atoms with Crippen molar-refractivity contribution in [2.75, 3.05) is 12.4 Å². The third kappa shape index (κ3) is 4.44. The molecule has 0 saturated heterocycles. The third-order valence-electron chi connectivity index (χ3n) is 5.09. The lowest BCUT2D eigenvalue weighted by atomic mass is 9.95. The lowest BCUT2D eigenvalue weighted by molar-refractivity contribution is -0.123. The summed E-state index contributed by atoms with van der Waals surface area (Å²) in [4.78, 5) is 62.3. The largest absolute Gasteiger partial charge is 0.451 e. The van der Waals surface area contributed by atoms with Gasteiger partial charge in [-0.15, -0.1) is 0 Å². The van der Waals surface area contributed by atoms with E-state index in [1.165, 1.54) is 32.2 Å². The minimum atomic E-state index is -1.08. The molecule has 0 saturated carbocycles. The summed E-state index contributed by atoms with van der Waals surface area (Å²) >= 11 is 0. The Bertz CT molecular complexity index is 1130. The lowest BCUT2D eigenvalue weighted by Gasteiger charge is -2.18. The topological polar surface area (TPSA) is 110 Å². The Hall–Kier alpha value is -3.81. The van der Waals surface area contributed by atoms with Crippen molar-refractivity contribution in [1.29, 1.82) is 0 Å². The Labute approximate surface area is 185 Å². The van der Waals surface area contributed by atoms with Gasteiger partial charge in [-0.05, 0) is 49.4 Å². The molecule has 0 bridgehead atoms. The SMILES string of the molecule is CC(OC(=O)c1ccc2c(c1)C(=O)N(C)C2=O)C(=O)c1ccc(NC(=O)C(C)(C)C)cc1. The van der Waals surface area contributed by atoms with E-state index >= 15 is 0 Å². The molecule has 1 heterocycles. The summed E-state index contributed by atoms with van der Waals surface area (Å²) in [7, 11) is 1.36. The van der Waals surface area contributed by atoms with Crippen LogP contribution in [-0.4, -0.2) is 47.5 Å². The summed E-state index contributed by atoms with van der Waals surface area (Å²) < 4.78 is 5.27. The molecular weight excluding hydrogens is 412 g/mol. The number of fused-ring (bicyclic) bond motifs is 1. The van der Waals surface area contributed by atoms with Crippen LogP contribution in [0, 0.1) is 5.41 Å². The first kappa shape index (κ1) is 22.9. The zero-order valence-corrected chi connectivity index (χ0v) is 18.5. The van der Waals surface area contributed by atoms with E-state index in [1.807, 2.05) is 0 Å². The van der Waals surface area contributed by atoms with E-state index in [4.69, 9.17) is 4.74 Å². The monoisotopic (exact) mass is 436 g/mol. The molecule has 1 N–H and O–H groups in total. The van der Waals surface area contributed by atoms with Gasteiger partial charge in [-0.1, -0.05) is 20.8 Å². The molecule has 32 heavy (non-hydrogen) atoms. The van der Waals surface area contributed by atoms with Crippen molar-refractivity contribution in [1.82, 2.24) is 4.90 Å². The Balaban J connectivity index is 1.67. The maximum Gasteiger partial charge on any atom is 0.338 e. The molecule has 166 valence electrons. The second-order valence-corrected chi connectivity index (χ2v) is 8.62. The molecule has 3 amide bonds. The summed E-state index contributed by atoms with van der Waals surface area (Å²) in [5.74, 6) is -2.28. The predicted molar refractivity (Wildman–Crippen MR) is 117 cm³/mol. The number of nitrogens with one attached hydrogen (secondary N) is 1. The molecule has 0 aliphatic carbocycles. The molecule has 0 radical (unpaired) electrons. The van der Waals surface area contributed by atoms with Gasteiger partial charge in [0.25, 0.3) is 11.8 Å². The van der Waals surface area contributed by atoms with Crippen LogP contribution in [0.25, 0.3) is 0 Å². The summed E-state index contributed by atoms with van der Waals surface area (Å²) in [5, 5.41) is 2.77. The molecule has 0 aromatic heterocycles. The van der Waals surface area contributed by atoms with E-state index in [2.05, 4.69) is 5.32 Å². The lowest BCUT2D eigenvalue weighted by Crippen LogP contribution is -2.27. The molecular formula is C24H24N2O6. The Morgan fingerprint density at radius 2 is 1.47 bits per heavy atom. The molecule has 3 rings (SSSR count). The van der Waals surface area contributed by atoms with Crippen LogP contribution in [0.5, 0.6) is 0 Å². The normalized spacial score (nSPS) is 14.1. The average molecular weight is 436 g/mol. The maximum absolute atomic E-state index is 12.7. The molecule has 0 fully saturated rings. The number of amides is 3. The number of hydrogen-bond donors (Lipinski definition) is 1. The van der Waals surface area contributed by atoms with Crippen LogP contribution in [0.1, 0.15) is 69.1 Å². The van der Waals surface area contributed by atoms with Gasteiger partial charge in [0.15, 0.2) is 6.10 Å². The van der Waals surface area contributed by atoms with Crippen LogP contribution in [0.15, 0.2) is 42.5 Å². The first-order valence-corrected chi connectivity index (χ1v) is 10.0. The number of ketones is 1. The molecule has 1 aliphatic rings. The highest BCUT2D eigenvalue weighted by Gasteiger charge is 2.33. The third-order valence-corrected chi connectivity index (χ3v) is 5.09. The number of anilines is 1. The molecule has 0 spiro atoms. The van der Waals surface area contributed by atoms with Crippen LogP contribution in [0.4, 0.5) is 5.69 Å². The van der Waals surface area contributed by atoms with E-state index < -0.39 is 35.1 Å². The fraction of sp³-hybridized carbons (Fsp3) is 0.292. The van der Waals surface area contributed by atoms with Crippen molar-refractivity contribution in [3.63, 3.8) is 0 Å². The highest BCUT2D eigenvalue weighted by Crippen LogP contribution is 2.23. The fourth-order valence-electron chi connectivity index (χ4n) is 3.04. The van der Waals surface area contributed by atoms with Crippen molar-refractivity contribution < 1.29 is 28.7 Å². The first-order chi connectivity index (χ1) is 14.9. The molecule has 1 unspecified atom stereocenters. The van der Waals surface area contributed by atoms with Crippen molar-refractivity contribution in [2.45, 2.75) is 33.8 Å². The second kappa shape index (κ2) is 8.37. The number of imide groups is 1. The number of Topliss-reactive ketones (excluding diaryl/α,β-unsaturated/α-hetero) is 1. The van der Waals surface area contributed by atoms with Crippen molar-refractivity contribution >= 4 is 35.2 Å². The molecule has 1 atom stereocenters. The fourth-order valence-corrected chi connectivity index (χ4v) is 3.04. The number of esters is 1. The quantitative estimate of drug-likeness (QED) is 0.437. The van der Waals surface area contributed by atoms with E-state index in [0.717, 1.165) is 4.90 Å². The second-order valence-electron chi connectivity index (χ2n) is 8.62. The van der Waals surface area contributed by atoms with Gasteiger partial charge in [0.1, 0.15) is 0 Å². The summed E-state index contributed by atoms with van der Waals surface area (Å²) in [6.45, 7) is 6.83. The van der Waals surface area contributed by atoms with Crippen LogP contribution in [0.2, 0.25) is 0 Å². The molecule has 2 aromatic carbocycles. The molecule has 2 aromatic rings. The summed E-state index contributed by atoms with van der Waals surface area (Å²) in [6.07, 6.45) is -1.08. The Kier molecular flexibility index (Phi) is 5.98. The number of benzene rings is 2. The Morgan fingerprint density at radius 3 is 2.06 bits per heavy atom. The molecule has 8 heteroatoms. The average Bonchev–Trinajstić information content (AvgIpc) is 2.96. The summed E-state index contributed by atoms with van der Waals surface area (Å²) in [6, 6.07) is 10.4. The zero-order valence-electron chi connectivity index (χ0n) is 18.5. The minimum Gasteiger partial charge on any atom is -0.451 e. The molecule has 8 nitrogen and oxygen atoms in total. The first-order valence-electron chi connectivity index (χ1n) is 10.0. The van der Waals surface area contributed by atoms with Crippen LogP contribution in [-0.2, 0) is 9.53 Å². The standard InChI is InChI=1S/C24H24N2O6/c1-13(19(27)14-6-9-16(10-7-14)25-23(31)24(2,3)4)32-22(30)15-8-11-17-18(12-15)21(29)26(5)20(17)28/h6-13H,1-5H3,(H,25,31). The van der Waals surface area contributed by atoms with Gasteiger partial charge < -0.3 is 10.1 Å². The highest BCUT2D eigenvalue weighted by atomic mass is 16.5. The van der Waals surface area contributed by atoms with Gasteiger partial charge in [0.05, 0.1) is 16.7 Å². The van der Waals surface area contributed by atoms with Crippen molar-refractivity contribution in [3.8, 4) is 0 Å². The van der Waals surface area contributed by atoms with Gasteiger partial charge in [-0.25, -0.2) is 4.79 Å². The van der Waals surface area contributed by atoms with Crippen LogP contribution < -0.4 is 5.32 Å². The summed E-state index contributed by atoms with van der Waals surface area (Å²) in [5.41, 5.74) is 0.724. The van der Waals surface area contributed by atoms with Crippen molar-refractivity contribution in [2.24, 2.45) is 5.41 Å². The number of ether oxygens (including phenoxy) is 1. The number of nitrogens with zero attached hydrogens (tertiary/aromatic N) is 1. The smallest absolute Gasteiger partial charge is 0.338 e.